The highest BCUT2D eigenvalue weighted by Crippen LogP contribution is 2.25. The molecule has 2 heterocycles. The molecule has 5 heteroatoms. The molecule has 0 bridgehead atoms. The number of rotatable bonds is 8. The van der Waals surface area contributed by atoms with Gasteiger partial charge in [-0.05, 0) is 56.0 Å². The Morgan fingerprint density at radius 1 is 1.29 bits per heavy atom. The zero-order valence-electron chi connectivity index (χ0n) is 16.7. The standard InChI is InChI=1S/C23H27F2N3/c1-5-18-7-6-8-21-19(18)13-22(28-21)16(3)27-15(2)20-10-9-17(14-26-20)11-12-23(4,24)25/h6-10,13-15,27-28H,3,5,11-12H2,1-2,4H3. The molecule has 0 spiro atoms. The van der Waals surface area contributed by atoms with Crippen LogP contribution in [-0.2, 0) is 12.8 Å². The van der Waals surface area contributed by atoms with Crippen molar-refractivity contribution < 1.29 is 8.78 Å². The van der Waals surface area contributed by atoms with E-state index in [-0.39, 0.29) is 12.5 Å². The van der Waals surface area contributed by atoms with Gasteiger partial charge >= 0.3 is 0 Å². The molecule has 1 atom stereocenters. The summed E-state index contributed by atoms with van der Waals surface area (Å²) < 4.78 is 26.0. The largest absolute Gasteiger partial charge is 0.376 e. The molecule has 0 aliphatic rings. The third kappa shape index (κ3) is 4.77. The number of pyridine rings is 1. The third-order valence-electron chi connectivity index (χ3n) is 5.00. The fraction of sp³-hybridized carbons (Fsp3) is 0.348. The van der Waals surface area contributed by atoms with E-state index >= 15 is 0 Å². The molecule has 28 heavy (non-hydrogen) atoms. The quantitative estimate of drug-likeness (QED) is 0.498. The summed E-state index contributed by atoms with van der Waals surface area (Å²) in [6.07, 6.45) is 2.81. The smallest absolute Gasteiger partial charge is 0.245 e. The number of benzene rings is 1. The number of aryl methyl sites for hydroxylation is 2. The molecule has 0 aliphatic carbocycles. The minimum atomic E-state index is -2.65. The fourth-order valence-corrected chi connectivity index (χ4v) is 3.31. The molecule has 0 radical (unpaired) electrons. The van der Waals surface area contributed by atoms with Gasteiger partial charge in [-0.15, -0.1) is 0 Å². The van der Waals surface area contributed by atoms with Gasteiger partial charge in [-0.2, -0.15) is 0 Å². The van der Waals surface area contributed by atoms with Gasteiger partial charge < -0.3 is 10.3 Å². The number of halogens is 2. The van der Waals surface area contributed by atoms with E-state index < -0.39 is 5.92 Å². The molecule has 0 saturated carbocycles. The number of aromatic amines is 1. The first-order chi connectivity index (χ1) is 13.3. The number of H-pyrrole nitrogens is 1. The van der Waals surface area contributed by atoms with E-state index in [9.17, 15) is 8.78 Å². The Morgan fingerprint density at radius 2 is 2.07 bits per heavy atom. The maximum absolute atomic E-state index is 13.0. The second-order valence-corrected chi connectivity index (χ2v) is 7.42. The van der Waals surface area contributed by atoms with Gasteiger partial charge in [-0.1, -0.05) is 31.7 Å². The summed E-state index contributed by atoms with van der Waals surface area (Å²) in [7, 11) is 0. The molecule has 2 aromatic heterocycles. The third-order valence-corrected chi connectivity index (χ3v) is 5.00. The van der Waals surface area contributed by atoms with E-state index in [1.807, 2.05) is 19.1 Å². The Balaban J connectivity index is 1.67. The SMILES string of the molecule is C=C(NC(C)c1ccc(CCC(C)(F)F)cn1)c1cc2c(CC)cccc2[nH]1. The summed E-state index contributed by atoms with van der Waals surface area (Å²) >= 11 is 0. The van der Waals surface area contributed by atoms with E-state index in [2.05, 4.69) is 53.1 Å². The van der Waals surface area contributed by atoms with Crippen LogP contribution in [0.1, 0.15) is 55.7 Å². The van der Waals surface area contributed by atoms with Gasteiger partial charge in [0.15, 0.2) is 0 Å². The second kappa shape index (κ2) is 8.13. The zero-order valence-corrected chi connectivity index (χ0v) is 16.7. The Labute approximate surface area is 164 Å². The number of fused-ring (bicyclic) bond motifs is 1. The van der Waals surface area contributed by atoms with Crippen molar-refractivity contribution in [1.29, 1.82) is 0 Å². The first-order valence-corrected chi connectivity index (χ1v) is 9.66. The lowest BCUT2D eigenvalue weighted by Crippen LogP contribution is -2.18. The minimum Gasteiger partial charge on any atom is -0.376 e. The molecule has 0 aliphatic heterocycles. The van der Waals surface area contributed by atoms with Crippen LogP contribution in [0.2, 0.25) is 0 Å². The molecular formula is C23H27F2N3. The molecule has 0 saturated heterocycles. The first-order valence-electron chi connectivity index (χ1n) is 9.66. The van der Waals surface area contributed by atoms with Crippen molar-refractivity contribution in [2.45, 2.75) is 52.0 Å². The Bertz CT molecular complexity index is 952. The van der Waals surface area contributed by atoms with E-state index in [0.717, 1.165) is 41.5 Å². The van der Waals surface area contributed by atoms with Gasteiger partial charge in [0, 0.05) is 23.5 Å². The van der Waals surface area contributed by atoms with Crippen molar-refractivity contribution in [2.24, 2.45) is 0 Å². The summed E-state index contributed by atoms with van der Waals surface area (Å²) in [5.41, 5.74) is 5.81. The van der Waals surface area contributed by atoms with Crippen LogP contribution in [0, 0.1) is 0 Å². The van der Waals surface area contributed by atoms with Crippen LogP contribution < -0.4 is 5.32 Å². The lowest BCUT2D eigenvalue weighted by atomic mass is 10.1. The number of hydrogen-bond donors (Lipinski definition) is 2. The predicted molar refractivity (Wildman–Crippen MR) is 111 cm³/mol. The molecule has 3 aromatic rings. The topological polar surface area (TPSA) is 40.7 Å². The number of nitrogens with zero attached hydrogens (tertiary/aromatic N) is 1. The van der Waals surface area contributed by atoms with Gasteiger partial charge in [0.05, 0.1) is 23.1 Å². The van der Waals surface area contributed by atoms with E-state index in [1.54, 1.807) is 6.20 Å². The predicted octanol–water partition coefficient (Wildman–Crippen LogP) is 6.03. The zero-order chi connectivity index (χ0) is 20.3. The van der Waals surface area contributed by atoms with Crippen LogP contribution in [0.5, 0.6) is 0 Å². The molecule has 3 rings (SSSR count). The van der Waals surface area contributed by atoms with Gasteiger partial charge in [-0.25, -0.2) is 8.78 Å². The molecule has 148 valence electrons. The lowest BCUT2D eigenvalue weighted by Gasteiger charge is -2.16. The van der Waals surface area contributed by atoms with Crippen molar-refractivity contribution in [3.05, 3.63) is 71.7 Å². The minimum absolute atomic E-state index is 0.0498. The molecule has 0 fully saturated rings. The van der Waals surface area contributed by atoms with Crippen molar-refractivity contribution >= 4 is 16.6 Å². The summed E-state index contributed by atoms with van der Waals surface area (Å²) in [6, 6.07) is 12.1. The summed E-state index contributed by atoms with van der Waals surface area (Å²) in [5, 5.41) is 4.59. The first kappa shape index (κ1) is 20.1. The Kier molecular flexibility index (Phi) is 5.82. The normalized spacial score (nSPS) is 12.9. The van der Waals surface area contributed by atoms with Crippen LogP contribution in [0.25, 0.3) is 16.6 Å². The summed E-state index contributed by atoms with van der Waals surface area (Å²) in [4.78, 5) is 7.85. The average molecular weight is 383 g/mol. The number of hydrogen-bond acceptors (Lipinski definition) is 2. The Morgan fingerprint density at radius 3 is 2.71 bits per heavy atom. The van der Waals surface area contributed by atoms with Crippen LogP contribution >= 0.6 is 0 Å². The van der Waals surface area contributed by atoms with Crippen LogP contribution in [0.15, 0.2) is 49.2 Å². The highest BCUT2D eigenvalue weighted by molar-refractivity contribution is 5.87. The van der Waals surface area contributed by atoms with Crippen LogP contribution in [0.3, 0.4) is 0 Å². The number of aromatic nitrogens is 2. The van der Waals surface area contributed by atoms with Gasteiger partial charge in [0.2, 0.25) is 5.92 Å². The Hall–Kier alpha value is -2.69. The summed E-state index contributed by atoms with van der Waals surface area (Å²) in [5.74, 6) is -2.65. The molecular weight excluding hydrogens is 356 g/mol. The van der Waals surface area contributed by atoms with Gasteiger partial charge in [0.1, 0.15) is 0 Å². The molecule has 1 unspecified atom stereocenters. The van der Waals surface area contributed by atoms with E-state index in [1.165, 1.54) is 10.9 Å². The molecule has 1 aromatic carbocycles. The van der Waals surface area contributed by atoms with Crippen molar-refractivity contribution in [2.75, 3.05) is 0 Å². The number of alkyl halides is 2. The lowest BCUT2D eigenvalue weighted by molar-refractivity contribution is 0.0133. The van der Waals surface area contributed by atoms with E-state index in [4.69, 9.17) is 0 Å². The van der Waals surface area contributed by atoms with Crippen LogP contribution in [-0.4, -0.2) is 15.9 Å². The molecule has 2 N–H and O–H groups in total. The van der Waals surface area contributed by atoms with Crippen molar-refractivity contribution in [3.63, 3.8) is 0 Å². The summed E-state index contributed by atoms with van der Waals surface area (Å²) in [6.45, 7) is 9.26. The second-order valence-electron chi connectivity index (χ2n) is 7.42. The monoisotopic (exact) mass is 383 g/mol. The fourth-order valence-electron chi connectivity index (χ4n) is 3.31. The molecule has 0 amide bonds. The van der Waals surface area contributed by atoms with Crippen molar-refractivity contribution in [3.8, 4) is 0 Å². The molecule has 3 nitrogen and oxygen atoms in total. The van der Waals surface area contributed by atoms with Crippen molar-refractivity contribution in [1.82, 2.24) is 15.3 Å². The highest BCUT2D eigenvalue weighted by Gasteiger charge is 2.20. The van der Waals surface area contributed by atoms with Crippen LogP contribution in [0.4, 0.5) is 8.78 Å². The highest BCUT2D eigenvalue weighted by atomic mass is 19.3. The van der Waals surface area contributed by atoms with Gasteiger partial charge in [0.25, 0.3) is 0 Å². The maximum atomic E-state index is 13.0. The number of nitrogens with one attached hydrogen (secondary N) is 2. The maximum Gasteiger partial charge on any atom is 0.245 e. The average Bonchev–Trinajstić information content (AvgIpc) is 3.10. The van der Waals surface area contributed by atoms with E-state index in [0.29, 0.717) is 6.42 Å². The van der Waals surface area contributed by atoms with Gasteiger partial charge in [-0.3, -0.25) is 4.98 Å².